The predicted octanol–water partition coefficient (Wildman–Crippen LogP) is 2.50. The van der Waals surface area contributed by atoms with E-state index >= 15 is 0 Å². The molecular formula is C14H19BrN2O3. The Kier molecular flexibility index (Phi) is 4.22. The van der Waals surface area contributed by atoms with Gasteiger partial charge in [-0.25, -0.2) is 0 Å². The number of piperidine rings is 1. The summed E-state index contributed by atoms with van der Waals surface area (Å²) in [6, 6.07) is 1.77. The zero-order chi connectivity index (χ0) is 14.9. The van der Waals surface area contributed by atoms with Crippen LogP contribution < -0.4 is 0 Å². The molecule has 0 aromatic carbocycles. The van der Waals surface area contributed by atoms with Crippen molar-refractivity contribution in [2.24, 2.45) is 12.5 Å². The molecule has 0 bridgehead atoms. The predicted molar refractivity (Wildman–Crippen MR) is 78.6 cm³/mol. The largest absolute Gasteiger partial charge is 0.481 e. The Bertz CT molecular complexity index is 541. The number of aryl methyl sites for hydroxylation is 1. The summed E-state index contributed by atoms with van der Waals surface area (Å²) in [7, 11) is 1.81. The number of carboxylic acids is 1. The second kappa shape index (κ2) is 5.60. The lowest BCUT2D eigenvalue weighted by Gasteiger charge is -2.39. The number of hydrogen-bond donors (Lipinski definition) is 1. The van der Waals surface area contributed by atoms with Crippen LogP contribution in [0.4, 0.5) is 0 Å². The highest BCUT2D eigenvalue weighted by molar-refractivity contribution is 9.10. The molecule has 5 nitrogen and oxygen atoms in total. The second-order valence-corrected chi connectivity index (χ2v) is 6.34. The third kappa shape index (κ3) is 2.61. The van der Waals surface area contributed by atoms with Crippen molar-refractivity contribution in [2.75, 3.05) is 13.1 Å². The van der Waals surface area contributed by atoms with Gasteiger partial charge in [-0.15, -0.1) is 0 Å². The van der Waals surface area contributed by atoms with Crippen LogP contribution in [0.15, 0.2) is 16.7 Å². The maximum absolute atomic E-state index is 12.6. The minimum Gasteiger partial charge on any atom is -0.481 e. The monoisotopic (exact) mass is 342 g/mol. The first-order valence-corrected chi connectivity index (χ1v) is 7.53. The van der Waals surface area contributed by atoms with Gasteiger partial charge in [0.15, 0.2) is 0 Å². The van der Waals surface area contributed by atoms with E-state index in [-0.39, 0.29) is 5.91 Å². The molecule has 1 fully saturated rings. The number of aliphatic carboxylic acids is 1. The van der Waals surface area contributed by atoms with Gasteiger partial charge < -0.3 is 14.6 Å². The summed E-state index contributed by atoms with van der Waals surface area (Å²) in [4.78, 5) is 25.8. The number of carboxylic acid groups (broad SMARTS) is 1. The third-order valence-electron chi connectivity index (χ3n) is 4.19. The average Bonchev–Trinajstić information content (AvgIpc) is 2.76. The van der Waals surface area contributed by atoms with Crippen LogP contribution in [0.1, 0.15) is 36.7 Å². The Morgan fingerprint density at radius 2 is 2.20 bits per heavy atom. The van der Waals surface area contributed by atoms with Gasteiger partial charge in [0, 0.05) is 30.8 Å². The van der Waals surface area contributed by atoms with Crippen molar-refractivity contribution >= 4 is 27.8 Å². The first-order valence-electron chi connectivity index (χ1n) is 6.74. The Labute approximate surface area is 126 Å². The van der Waals surface area contributed by atoms with Crippen LogP contribution in [0.5, 0.6) is 0 Å². The number of aromatic nitrogens is 1. The number of halogens is 1. The molecule has 0 aliphatic carbocycles. The number of carbonyl (C=O) groups is 2. The number of nitrogens with zero attached hydrogens (tertiary/aromatic N) is 2. The molecule has 2 heterocycles. The van der Waals surface area contributed by atoms with E-state index in [0.29, 0.717) is 31.6 Å². The van der Waals surface area contributed by atoms with E-state index in [0.717, 1.165) is 10.9 Å². The summed E-state index contributed by atoms with van der Waals surface area (Å²) in [5, 5.41) is 9.47. The second-order valence-electron chi connectivity index (χ2n) is 5.42. The van der Waals surface area contributed by atoms with E-state index in [1.807, 2.05) is 20.2 Å². The molecule has 1 atom stereocenters. The van der Waals surface area contributed by atoms with E-state index < -0.39 is 11.4 Å². The first kappa shape index (κ1) is 15.1. The Hall–Kier alpha value is -1.30. The standard InChI is InChI=1S/C14H19BrN2O3/c1-3-14(13(19)20)5-4-6-17(9-14)12(18)11-7-10(15)8-16(11)2/h7-8H,3-6,9H2,1-2H3,(H,19,20). The zero-order valence-corrected chi connectivity index (χ0v) is 13.3. The van der Waals surface area contributed by atoms with Crippen LogP contribution in [0, 0.1) is 5.41 Å². The van der Waals surface area contributed by atoms with E-state index in [1.165, 1.54) is 0 Å². The Balaban J connectivity index is 2.23. The van der Waals surface area contributed by atoms with Gasteiger partial charge in [-0.3, -0.25) is 9.59 Å². The van der Waals surface area contributed by atoms with Gasteiger partial charge in [-0.2, -0.15) is 0 Å². The van der Waals surface area contributed by atoms with Gasteiger partial charge in [-0.05, 0) is 41.3 Å². The topological polar surface area (TPSA) is 62.5 Å². The molecule has 0 saturated carbocycles. The molecule has 1 saturated heterocycles. The zero-order valence-electron chi connectivity index (χ0n) is 11.7. The molecule has 1 aromatic rings. The van der Waals surface area contributed by atoms with Crippen LogP contribution in [0.25, 0.3) is 0 Å². The van der Waals surface area contributed by atoms with Gasteiger partial charge in [0.2, 0.25) is 0 Å². The number of hydrogen-bond acceptors (Lipinski definition) is 2. The van der Waals surface area contributed by atoms with Crippen LogP contribution >= 0.6 is 15.9 Å². The lowest BCUT2D eigenvalue weighted by atomic mass is 9.77. The quantitative estimate of drug-likeness (QED) is 0.917. The molecule has 1 aliphatic rings. The van der Waals surface area contributed by atoms with Crippen molar-refractivity contribution in [1.82, 2.24) is 9.47 Å². The smallest absolute Gasteiger partial charge is 0.311 e. The number of rotatable bonds is 3. The molecule has 20 heavy (non-hydrogen) atoms. The molecule has 1 amide bonds. The highest BCUT2D eigenvalue weighted by atomic mass is 79.9. The maximum atomic E-state index is 12.6. The molecule has 6 heteroatoms. The molecule has 2 rings (SSSR count). The molecule has 0 spiro atoms. The SMILES string of the molecule is CCC1(C(=O)O)CCCN(C(=O)c2cc(Br)cn2C)C1. The van der Waals surface area contributed by atoms with E-state index in [1.54, 1.807) is 15.5 Å². The van der Waals surface area contributed by atoms with Crippen LogP contribution in [-0.2, 0) is 11.8 Å². The number of likely N-dealkylation sites (tertiary alicyclic amines) is 1. The minimum atomic E-state index is -0.800. The fourth-order valence-electron chi connectivity index (χ4n) is 2.82. The molecule has 0 radical (unpaired) electrons. The molecule has 1 aliphatic heterocycles. The van der Waals surface area contributed by atoms with Crippen LogP contribution in [-0.4, -0.2) is 39.5 Å². The normalized spacial score (nSPS) is 22.9. The van der Waals surface area contributed by atoms with E-state index in [4.69, 9.17) is 0 Å². The summed E-state index contributed by atoms with van der Waals surface area (Å²) in [5.74, 6) is -0.900. The lowest BCUT2D eigenvalue weighted by molar-refractivity contribution is -0.152. The van der Waals surface area contributed by atoms with Crippen LogP contribution in [0.2, 0.25) is 0 Å². The van der Waals surface area contributed by atoms with Crippen molar-refractivity contribution < 1.29 is 14.7 Å². The van der Waals surface area contributed by atoms with Crippen molar-refractivity contribution in [1.29, 1.82) is 0 Å². The average molecular weight is 343 g/mol. The molecule has 1 unspecified atom stereocenters. The Morgan fingerprint density at radius 3 is 2.70 bits per heavy atom. The molecule has 110 valence electrons. The fraction of sp³-hybridized carbons (Fsp3) is 0.571. The summed E-state index contributed by atoms with van der Waals surface area (Å²) < 4.78 is 2.61. The first-order chi connectivity index (χ1) is 9.39. The van der Waals surface area contributed by atoms with Crippen molar-refractivity contribution in [2.45, 2.75) is 26.2 Å². The third-order valence-corrected chi connectivity index (χ3v) is 4.62. The fourth-order valence-corrected chi connectivity index (χ4v) is 3.34. The van der Waals surface area contributed by atoms with Crippen molar-refractivity contribution in [3.05, 3.63) is 22.4 Å². The van der Waals surface area contributed by atoms with E-state index in [9.17, 15) is 14.7 Å². The minimum absolute atomic E-state index is 0.100. The lowest BCUT2D eigenvalue weighted by Crippen LogP contribution is -2.49. The van der Waals surface area contributed by atoms with Gasteiger partial charge in [-0.1, -0.05) is 6.92 Å². The summed E-state index contributed by atoms with van der Waals surface area (Å²) in [5.41, 5.74) is -0.217. The summed E-state index contributed by atoms with van der Waals surface area (Å²) in [6.07, 6.45) is 3.74. The molecular weight excluding hydrogens is 324 g/mol. The number of carbonyl (C=O) groups excluding carboxylic acids is 1. The van der Waals surface area contributed by atoms with Crippen molar-refractivity contribution in [3.63, 3.8) is 0 Å². The molecule has 1 N–H and O–H groups in total. The maximum Gasteiger partial charge on any atom is 0.311 e. The summed E-state index contributed by atoms with van der Waals surface area (Å²) in [6.45, 7) is 2.79. The van der Waals surface area contributed by atoms with Gasteiger partial charge >= 0.3 is 5.97 Å². The highest BCUT2D eigenvalue weighted by Gasteiger charge is 2.42. The molecule has 1 aromatic heterocycles. The highest BCUT2D eigenvalue weighted by Crippen LogP contribution is 2.34. The van der Waals surface area contributed by atoms with Gasteiger partial charge in [0.05, 0.1) is 5.41 Å². The summed E-state index contributed by atoms with van der Waals surface area (Å²) >= 11 is 3.35. The Morgan fingerprint density at radius 1 is 1.50 bits per heavy atom. The van der Waals surface area contributed by atoms with Gasteiger partial charge in [0.1, 0.15) is 5.69 Å². The number of amides is 1. The van der Waals surface area contributed by atoms with Gasteiger partial charge in [0.25, 0.3) is 5.91 Å². The van der Waals surface area contributed by atoms with E-state index in [2.05, 4.69) is 15.9 Å². The van der Waals surface area contributed by atoms with Crippen LogP contribution in [0.3, 0.4) is 0 Å². The van der Waals surface area contributed by atoms with Crippen molar-refractivity contribution in [3.8, 4) is 0 Å².